The van der Waals surface area contributed by atoms with Gasteiger partial charge in [-0.25, -0.2) is 0 Å². The Balaban J connectivity index is 2.80. The van der Waals surface area contributed by atoms with E-state index >= 15 is 0 Å². The highest BCUT2D eigenvalue weighted by atomic mass is 16.5. The highest BCUT2D eigenvalue weighted by Gasteiger charge is 2.14. The molecule has 1 aromatic carbocycles. The van der Waals surface area contributed by atoms with E-state index in [4.69, 9.17) is 9.47 Å². The van der Waals surface area contributed by atoms with Gasteiger partial charge in [-0.3, -0.25) is 0 Å². The smallest absolute Gasteiger partial charge is 0.161 e. The Morgan fingerprint density at radius 3 is 2.33 bits per heavy atom. The Labute approximate surface area is 130 Å². The highest BCUT2D eigenvalue weighted by molar-refractivity contribution is 5.43. The fraction of sp³-hybridized carbons (Fsp3) is 0.667. The molecular weight excluding hydrogens is 262 g/mol. The van der Waals surface area contributed by atoms with E-state index in [9.17, 15) is 0 Å². The molecule has 3 heteroatoms. The number of hydrogen-bond acceptors (Lipinski definition) is 3. The molecule has 1 unspecified atom stereocenters. The van der Waals surface area contributed by atoms with E-state index in [1.54, 1.807) is 14.2 Å². The molecule has 0 heterocycles. The Morgan fingerprint density at radius 2 is 1.76 bits per heavy atom. The summed E-state index contributed by atoms with van der Waals surface area (Å²) in [5.74, 6) is 2.36. The number of benzene rings is 1. The van der Waals surface area contributed by atoms with Crippen molar-refractivity contribution in [1.82, 2.24) is 5.32 Å². The van der Waals surface area contributed by atoms with E-state index in [2.05, 4.69) is 38.2 Å². The lowest BCUT2D eigenvalue weighted by molar-refractivity contribution is 0.353. The van der Waals surface area contributed by atoms with Crippen LogP contribution in [0.2, 0.25) is 0 Å². The zero-order chi connectivity index (χ0) is 15.7. The summed E-state index contributed by atoms with van der Waals surface area (Å²) in [6.07, 6.45) is 4.83. The highest BCUT2D eigenvalue weighted by Crippen LogP contribution is 2.31. The molecule has 0 amide bonds. The van der Waals surface area contributed by atoms with Gasteiger partial charge in [0.1, 0.15) is 0 Å². The van der Waals surface area contributed by atoms with Gasteiger partial charge in [0.2, 0.25) is 0 Å². The standard InChI is InChI=1S/C18H31NO2/c1-6-12-19-16(9-7-8-14(2)3)15-10-11-17(20-4)18(13-15)21-5/h10-11,13-14,16,19H,6-9,12H2,1-5H3. The average Bonchev–Trinajstić information content (AvgIpc) is 2.49. The van der Waals surface area contributed by atoms with Crippen LogP contribution < -0.4 is 14.8 Å². The quantitative estimate of drug-likeness (QED) is 0.685. The number of hydrogen-bond donors (Lipinski definition) is 1. The molecule has 0 saturated heterocycles. The van der Waals surface area contributed by atoms with Crippen molar-refractivity contribution in [1.29, 1.82) is 0 Å². The molecule has 0 spiro atoms. The molecule has 1 rings (SSSR count). The number of ether oxygens (including phenoxy) is 2. The molecule has 120 valence electrons. The molecule has 1 atom stereocenters. The molecular formula is C18H31NO2. The van der Waals surface area contributed by atoms with Crippen molar-refractivity contribution in [2.75, 3.05) is 20.8 Å². The van der Waals surface area contributed by atoms with Gasteiger partial charge in [0.05, 0.1) is 14.2 Å². The summed E-state index contributed by atoms with van der Waals surface area (Å²) in [7, 11) is 3.36. The van der Waals surface area contributed by atoms with Crippen LogP contribution in [0.3, 0.4) is 0 Å². The van der Waals surface area contributed by atoms with Gasteiger partial charge in [0.15, 0.2) is 11.5 Å². The second-order valence-corrected chi connectivity index (χ2v) is 5.95. The zero-order valence-corrected chi connectivity index (χ0v) is 14.2. The number of nitrogens with one attached hydrogen (secondary N) is 1. The van der Waals surface area contributed by atoms with Crippen molar-refractivity contribution in [3.63, 3.8) is 0 Å². The van der Waals surface area contributed by atoms with Crippen LogP contribution in [0.1, 0.15) is 58.1 Å². The lowest BCUT2D eigenvalue weighted by atomic mass is 9.97. The van der Waals surface area contributed by atoms with Crippen LogP contribution >= 0.6 is 0 Å². The van der Waals surface area contributed by atoms with E-state index in [-0.39, 0.29) is 0 Å². The van der Waals surface area contributed by atoms with Crippen molar-refractivity contribution < 1.29 is 9.47 Å². The summed E-state index contributed by atoms with van der Waals surface area (Å²) in [4.78, 5) is 0. The van der Waals surface area contributed by atoms with Gasteiger partial charge in [-0.1, -0.05) is 39.7 Å². The second-order valence-electron chi connectivity index (χ2n) is 5.95. The van der Waals surface area contributed by atoms with Crippen LogP contribution in [-0.2, 0) is 0 Å². The van der Waals surface area contributed by atoms with Gasteiger partial charge in [-0.05, 0) is 43.0 Å². The molecule has 1 N–H and O–H groups in total. The predicted molar refractivity (Wildman–Crippen MR) is 89.3 cm³/mol. The predicted octanol–water partition coefficient (Wildman–Crippen LogP) is 4.57. The minimum atomic E-state index is 0.392. The molecule has 3 nitrogen and oxygen atoms in total. The van der Waals surface area contributed by atoms with Crippen molar-refractivity contribution in [3.8, 4) is 11.5 Å². The van der Waals surface area contributed by atoms with E-state index < -0.39 is 0 Å². The maximum Gasteiger partial charge on any atom is 0.161 e. The maximum absolute atomic E-state index is 5.42. The summed E-state index contributed by atoms with van der Waals surface area (Å²) in [6.45, 7) is 7.81. The third-order valence-electron chi connectivity index (χ3n) is 3.72. The van der Waals surface area contributed by atoms with Crippen molar-refractivity contribution in [2.24, 2.45) is 5.92 Å². The molecule has 0 aliphatic rings. The lowest BCUT2D eigenvalue weighted by Gasteiger charge is -2.21. The Bertz CT molecular complexity index is 404. The monoisotopic (exact) mass is 293 g/mol. The fourth-order valence-corrected chi connectivity index (χ4v) is 2.50. The summed E-state index contributed by atoms with van der Waals surface area (Å²) in [5.41, 5.74) is 1.28. The molecule has 21 heavy (non-hydrogen) atoms. The first-order valence-corrected chi connectivity index (χ1v) is 8.07. The van der Waals surface area contributed by atoms with Crippen molar-refractivity contribution in [3.05, 3.63) is 23.8 Å². The minimum absolute atomic E-state index is 0.392. The third kappa shape index (κ3) is 5.96. The minimum Gasteiger partial charge on any atom is -0.493 e. The van der Waals surface area contributed by atoms with Crippen molar-refractivity contribution >= 4 is 0 Å². The van der Waals surface area contributed by atoms with E-state index in [1.165, 1.54) is 18.4 Å². The van der Waals surface area contributed by atoms with Gasteiger partial charge in [0.25, 0.3) is 0 Å². The van der Waals surface area contributed by atoms with E-state index in [0.717, 1.165) is 36.8 Å². The average molecular weight is 293 g/mol. The fourth-order valence-electron chi connectivity index (χ4n) is 2.50. The summed E-state index contributed by atoms with van der Waals surface area (Å²) in [6, 6.07) is 6.63. The largest absolute Gasteiger partial charge is 0.493 e. The molecule has 0 bridgehead atoms. The van der Waals surface area contributed by atoms with Crippen LogP contribution in [0.25, 0.3) is 0 Å². The van der Waals surface area contributed by atoms with Crippen LogP contribution in [0.5, 0.6) is 11.5 Å². The molecule has 0 radical (unpaired) electrons. The Kier molecular flexibility index (Phi) is 8.21. The summed E-state index contributed by atoms with van der Waals surface area (Å²) in [5, 5.41) is 3.65. The number of methoxy groups -OCH3 is 2. The lowest BCUT2D eigenvalue weighted by Crippen LogP contribution is -2.22. The molecule has 1 aromatic rings. The molecule has 0 aliphatic carbocycles. The van der Waals surface area contributed by atoms with Crippen LogP contribution in [0.4, 0.5) is 0 Å². The first-order chi connectivity index (χ1) is 10.1. The van der Waals surface area contributed by atoms with Gasteiger partial charge < -0.3 is 14.8 Å². The Morgan fingerprint density at radius 1 is 1.05 bits per heavy atom. The first-order valence-electron chi connectivity index (χ1n) is 8.07. The van der Waals surface area contributed by atoms with E-state index in [1.807, 2.05) is 6.07 Å². The van der Waals surface area contributed by atoms with Crippen LogP contribution in [0.15, 0.2) is 18.2 Å². The van der Waals surface area contributed by atoms with Gasteiger partial charge in [0, 0.05) is 6.04 Å². The van der Waals surface area contributed by atoms with E-state index in [0.29, 0.717) is 6.04 Å². The normalized spacial score (nSPS) is 12.5. The molecule has 0 aromatic heterocycles. The third-order valence-corrected chi connectivity index (χ3v) is 3.72. The zero-order valence-electron chi connectivity index (χ0n) is 14.2. The SMILES string of the molecule is CCCNC(CCCC(C)C)c1ccc(OC)c(OC)c1. The molecule has 0 fully saturated rings. The van der Waals surface area contributed by atoms with Crippen LogP contribution in [-0.4, -0.2) is 20.8 Å². The summed E-state index contributed by atoms with van der Waals surface area (Å²) >= 11 is 0. The first kappa shape index (κ1) is 17.8. The number of rotatable bonds is 10. The van der Waals surface area contributed by atoms with Gasteiger partial charge in [-0.15, -0.1) is 0 Å². The molecule has 0 aliphatic heterocycles. The Hall–Kier alpha value is -1.22. The van der Waals surface area contributed by atoms with Gasteiger partial charge >= 0.3 is 0 Å². The second kappa shape index (κ2) is 9.67. The maximum atomic E-state index is 5.42. The van der Waals surface area contributed by atoms with Crippen molar-refractivity contribution in [2.45, 2.75) is 52.5 Å². The van der Waals surface area contributed by atoms with Gasteiger partial charge in [-0.2, -0.15) is 0 Å². The topological polar surface area (TPSA) is 30.5 Å². The summed E-state index contributed by atoms with van der Waals surface area (Å²) < 4.78 is 10.7. The molecule has 0 saturated carbocycles. The van der Waals surface area contributed by atoms with Crippen LogP contribution in [0, 0.1) is 5.92 Å².